The predicted octanol–water partition coefficient (Wildman–Crippen LogP) is 3.74. The van der Waals surface area contributed by atoms with Crippen molar-refractivity contribution in [3.63, 3.8) is 0 Å². The molecule has 0 atom stereocenters. The van der Waals surface area contributed by atoms with Crippen molar-refractivity contribution in [1.82, 2.24) is 19.6 Å². The molecule has 1 fully saturated rings. The third kappa shape index (κ3) is 6.97. The van der Waals surface area contributed by atoms with Gasteiger partial charge < -0.3 is 25.0 Å². The van der Waals surface area contributed by atoms with Crippen LogP contribution in [-0.2, 0) is 6.42 Å². The highest BCUT2D eigenvalue weighted by Gasteiger charge is 2.20. The number of halogens is 1. The Morgan fingerprint density at radius 1 is 1.09 bits per heavy atom. The molecule has 0 saturated carbocycles. The number of rotatable bonds is 9. The van der Waals surface area contributed by atoms with Gasteiger partial charge in [-0.25, -0.2) is 9.78 Å². The number of nitrogens with one attached hydrogen (secondary N) is 2. The highest BCUT2D eigenvalue weighted by Crippen LogP contribution is 2.28. The number of carbonyl (C=O) groups excluding carboxylic acids is 1. The van der Waals surface area contributed by atoms with Crippen molar-refractivity contribution < 1.29 is 14.3 Å². The molecule has 0 bridgehead atoms. The van der Waals surface area contributed by atoms with Gasteiger partial charge >= 0.3 is 6.03 Å². The summed E-state index contributed by atoms with van der Waals surface area (Å²) in [5.41, 5.74) is 1.73. The molecule has 1 aliphatic rings. The number of ether oxygens (including phenoxy) is 2. The summed E-state index contributed by atoms with van der Waals surface area (Å²) in [7, 11) is 3.14. The van der Waals surface area contributed by atoms with Gasteiger partial charge in [-0.2, -0.15) is 4.37 Å². The monoisotopic (exact) mass is 516 g/mol. The van der Waals surface area contributed by atoms with Crippen LogP contribution >= 0.6 is 23.1 Å². The normalized spacial score (nSPS) is 14.0. The molecule has 11 heteroatoms. The number of amides is 2. The predicted molar refractivity (Wildman–Crippen MR) is 139 cm³/mol. The van der Waals surface area contributed by atoms with E-state index in [1.807, 2.05) is 24.3 Å². The van der Waals surface area contributed by atoms with Crippen LogP contribution in [0.5, 0.6) is 11.5 Å². The molecule has 35 heavy (non-hydrogen) atoms. The zero-order valence-electron chi connectivity index (χ0n) is 19.8. The Bertz CT molecular complexity index is 1120. The molecule has 2 N–H and O–H groups in total. The Hall–Kier alpha value is -3.08. The number of anilines is 2. The van der Waals surface area contributed by atoms with Crippen LogP contribution in [0.15, 0.2) is 42.5 Å². The van der Waals surface area contributed by atoms with Gasteiger partial charge in [0.1, 0.15) is 17.3 Å². The summed E-state index contributed by atoms with van der Waals surface area (Å²) in [6.07, 6.45) is 0.698. The minimum absolute atomic E-state index is 0.269. The number of piperazine rings is 1. The van der Waals surface area contributed by atoms with E-state index in [9.17, 15) is 4.79 Å². The zero-order valence-corrected chi connectivity index (χ0v) is 21.4. The lowest BCUT2D eigenvalue weighted by Crippen LogP contribution is -2.48. The first kappa shape index (κ1) is 25.0. The fourth-order valence-corrected chi connectivity index (χ4v) is 4.65. The largest absolute Gasteiger partial charge is 0.497 e. The lowest BCUT2D eigenvalue weighted by molar-refractivity contribution is 0.240. The molecule has 0 spiro atoms. The van der Waals surface area contributed by atoms with Crippen molar-refractivity contribution in [1.29, 1.82) is 0 Å². The standard InChI is InChI=1S/C24H29ClN6O3S/c1-33-19-7-8-20(21(16-19)34-2)27-23(32)26-9-10-30-11-13-31(14-12-30)24-28-22(29-35-24)15-17-3-5-18(25)6-4-17/h3-8,16H,9-15H2,1-2H3,(H2,26,27,32). The van der Waals surface area contributed by atoms with Crippen molar-refractivity contribution >= 4 is 40.0 Å². The van der Waals surface area contributed by atoms with E-state index in [-0.39, 0.29) is 6.03 Å². The van der Waals surface area contributed by atoms with Crippen LogP contribution in [0.1, 0.15) is 11.4 Å². The van der Waals surface area contributed by atoms with E-state index >= 15 is 0 Å². The molecule has 0 radical (unpaired) electrons. The number of hydrogen-bond acceptors (Lipinski definition) is 8. The van der Waals surface area contributed by atoms with E-state index in [1.54, 1.807) is 32.4 Å². The number of benzene rings is 2. The second kappa shape index (κ2) is 12.1. The number of carbonyl (C=O) groups is 1. The summed E-state index contributed by atoms with van der Waals surface area (Å²) in [5.74, 6) is 2.04. The van der Waals surface area contributed by atoms with Crippen LogP contribution in [0.3, 0.4) is 0 Å². The topological polar surface area (TPSA) is 91.9 Å². The molecule has 0 unspecified atom stereocenters. The maximum Gasteiger partial charge on any atom is 0.319 e. The Morgan fingerprint density at radius 3 is 2.57 bits per heavy atom. The van der Waals surface area contributed by atoms with Gasteiger partial charge in [0.2, 0.25) is 5.13 Å². The summed E-state index contributed by atoms with van der Waals surface area (Å²) in [6.45, 7) is 4.90. The van der Waals surface area contributed by atoms with Crippen molar-refractivity contribution in [2.24, 2.45) is 0 Å². The maximum absolute atomic E-state index is 12.3. The minimum atomic E-state index is -0.269. The summed E-state index contributed by atoms with van der Waals surface area (Å²) >= 11 is 7.41. The van der Waals surface area contributed by atoms with E-state index in [0.29, 0.717) is 30.2 Å². The molecule has 2 aromatic carbocycles. The quantitative estimate of drug-likeness (QED) is 0.447. The second-order valence-corrected chi connectivity index (χ2v) is 9.24. The Morgan fingerprint density at radius 2 is 1.86 bits per heavy atom. The maximum atomic E-state index is 12.3. The fraction of sp³-hybridized carbons (Fsp3) is 0.375. The van der Waals surface area contributed by atoms with Crippen LogP contribution in [0.4, 0.5) is 15.6 Å². The number of methoxy groups -OCH3 is 2. The zero-order chi connectivity index (χ0) is 24.6. The minimum Gasteiger partial charge on any atom is -0.497 e. The molecule has 9 nitrogen and oxygen atoms in total. The third-order valence-electron chi connectivity index (χ3n) is 5.75. The van der Waals surface area contributed by atoms with Gasteiger partial charge in [0.15, 0.2) is 0 Å². The first-order chi connectivity index (χ1) is 17.0. The SMILES string of the molecule is COc1ccc(NC(=O)NCCN2CCN(c3nc(Cc4ccc(Cl)cc4)ns3)CC2)c(OC)c1. The van der Waals surface area contributed by atoms with Gasteiger partial charge in [0, 0.05) is 68.3 Å². The van der Waals surface area contributed by atoms with Crippen molar-refractivity contribution in [3.8, 4) is 11.5 Å². The van der Waals surface area contributed by atoms with Crippen molar-refractivity contribution in [3.05, 3.63) is 58.9 Å². The van der Waals surface area contributed by atoms with Crippen LogP contribution < -0.4 is 25.0 Å². The van der Waals surface area contributed by atoms with Crippen molar-refractivity contribution in [2.45, 2.75) is 6.42 Å². The molecule has 2 amide bonds. The van der Waals surface area contributed by atoms with Crippen LogP contribution in [-0.4, -0.2) is 73.8 Å². The van der Waals surface area contributed by atoms with Gasteiger partial charge in [-0.05, 0) is 29.8 Å². The summed E-state index contributed by atoms with van der Waals surface area (Å²) in [5, 5.41) is 7.42. The average molecular weight is 517 g/mol. The summed E-state index contributed by atoms with van der Waals surface area (Å²) in [6, 6.07) is 12.8. The summed E-state index contributed by atoms with van der Waals surface area (Å²) in [4.78, 5) is 21.6. The molecular weight excluding hydrogens is 488 g/mol. The Kier molecular flexibility index (Phi) is 8.62. The van der Waals surface area contributed by atoms with E-state index < -0.39 is 0 Å². The third-order valence-corrected chi connectivity index (χ3v) is 6.81. The van der Waals surface area contributed by atoms with Gasteiger partial charge in [0.05, 0.1) is 19.9 Å². The average Bonchev–Trinajstić information content (AvgIpc) is 3.34. The molecule has 4 rings (SSSR count). The summed E-state index contributed by atoms with van der Waals surface area (Å²) < 4.78 is 15.0. The molecular formula is C24H29ClN6O3S. The van der Waals surface area contributed by atoms with Crippen LogP contribution in [0, 0.1) is 0 Å². The molecule has 1 aromatic heterocycles. The van der Waals surface area contributed by atoms with E-state index in [1.165, 1.54) is 11.5 Å². The van der Waals surface area contributed by atoms with Gasteiger partial charge in [-0.1, -0.05) is 23.7 Å². The fourth-order valence-electron chi connectivity index (χ4n) is 3.79. The lowest BCUT2D eigenvalue weighted by Gasteiger charge is -2.34. The smallest absolute Gasteiger partial charge is 0.319 e. The molecule has 1 saturated heterocycles. The van der Waals surface area contributed by atoms with Crippen molar-refractivity contribution in [2.75, 3.05) is 63.7 Å². The number of aromatic nitrogens is 2. The highest BCUT2D eigenvalue weighted by atomic mass is 35.5. The molecule has 1 aliphatic heterocycles. The van der Waals surface area contributed by atoms with Crippen LogP contribution in [0.2, 0.25) is 5.02 Å². The molecule has 186 valence electrons. The number of hydrogen-bond donors (Lipinski definition) is 2. The first-order valence-corrected chi connectivity index (χ1v) is 12.5. The van der Waals surface area contributed by atoms with E-state index in [4.69, 9.17) is 26.1 Å². The second-order valence-electron chi connectivity index (χ2n) is 8.07. The lowest BCUT2D eigenvalue weighted by atomic mass is 10.1. The number of urea groups is 1. The first-order valence-electron chi connectivity index (χ1n) is 11.4. The van der Waals surface area contributed by atoms with E-state index in [2.05, 4.69) is 24.8 Å². The Labute approximate surface area is 214 Å². The Balaban J connectivity index is 1.18. The van der Waals surface area contributed by atoms with Gasteiger partial charge in [-0.3, -0.25) is 4.90 Å². The van der Waals surface area contributed by atoms with Crippen LogP contribution in [0.25, 0.3) is 0 Å². The number of nitrogens with zero attached hydrogens (tertiary/aromatic N) is 4. The van der Waals surface area contributed by atoms with Gasteiger partial charge in [-0.15, -0.1) is 0 Å². The molecule has 0 aliphatic carbocycles. The van der Waals surface area contributed by atoms with E-state index in [0.717, 1.165) is 54.3 Å². The molecule has 3 aromatic rings. The molecule has 2 heterocycles. The highest BCUT2D eigenvalue weighted by molar-refractivity contribution is 7.09. The van der Waals surface area contributed by atoms with Gasteiger partial charge in [0.25, 0.3) is 0 Å².